The van der Waals surface area contributed by atoms with Gasteiger partial charge in [-0.2, -0.15) is 11.8 Å². The van der Waals surface area contributed by atoms with E-state index in [0.717, 1.165) is 11.0 Å². The summed E-state index contributed by atoms with van der Waals surface area (Å²) >= 11 is 5.62. The summed E-state index contributed by atoms with van der Waals surface area (Å²) in [5.41, 5.74) is 8.13. The van der Waals surface area contributed by atoms with E-state index in [1.54, 1.807) is 0 Å². The molecule has 2 N–H and O–H groups in total. The summed E-state index contributed by atoms with van der Waals surface area (Å²) in [6, 6.07) is 7.11. The van der Waals surface area contributed by atoms with E-state index in [4.69, 9.17) is 5.73 Å². The van der Waals surface area contributed by atoms with Crippen LogP contribution in [0.5, 0.6) is 0 Å². The summed E-state index contributed by atoms with van der Waals surface area (Å²) in [6.45, 7) is 4.02. The fraction of sp³-hybridized carbons (Fsp3) is 0.500. The minimum atomic E-state index is 0.590. The van der Waals surface area contributed by atoms with Gasteiger partial charge >= 0.3 is 0 Å². The maximum absolute atomic E-state index is 5.66. The molecule has 16 heavy (non-hydrogen) atoms. The van der Waals surface area contributed by atoms with Crippen LogP contribution >= 0.6 is 27.7 Å². The van der Waals surface area contributed by atoms with Gasteiger partial charge < -0.3 is 10.6 Å². The second-order valence-corrected chi connectivity index (χ2v) is 6.10. The van der Waals surface area contributed by atoms with Crippen molar-refractivity contribution in [3.05, 3.63) is 28.2 Å². The van der Waals surface area contributed by atoms with Crippen LogP contribution in [0, 0.1) is 0 Å². The van der Waals surface area contributed by atoms with Gasteiger partial charge in [0.25, 0.3) is 0 Å². The van der Waals surface area contributed by atoms with Gasteiger partial charge in [-0.15, -0.1) is 0 Å². The molecule has 2 rings (SSSR count). The van der Waals surface area contributed by atoms with Crippen LogP contribution in [0.4, 0.5) is 5.69 Å². The van der Waals surface area contributed by atoms with Crippen LogP contribution in [-0.4, -0.2) is 24.1 Å². The first-order chi connectivity index (χ1) is 7.72. The number of thioether (sulfide) groups is 1. The SMILES string of the molecule is CC1CSCCN1c1ccc(CN)c(Br)c1. The molecule has 1 atom stereocenters. The van der Waals surface area contributed by atoms with E-state index in [-0.39, 0.29) is 0 Å². The maximum Gasteiger partial charge on any atom is 0.0380 e. The van der Waals surface area contributed by atoms with E-state index >= 15 is 0 Å². The molecule has 1 unspecified atom stereocenters. The molecule has 1 aliphatic heterocycles. The molecular weight excluding hydrogens is 284 g/mol. The van der Waals surface area contributed by atoms with Crippen molar-refractivity contribution in [2.24, 2.45) is 5.73 Å². The van der Waals surface area contributed by atoms with Crippen molar-refractivity contribution in [1.82, 2.24) is 0 Å². The average Bonchev–Trinajstić information content (AvgIpc) is 2.29. The number of anilines is 1. The molecule has 2 nitrogen and oxygen atoms in total. The predicted octanol–water partition coefficient (Wildman–Crippen LogP) is 2.85. The van der Waals surface area contributed by atoms with Crippen LogP contribution in [-0.2, 0) is 6.54 Å². The van der Waals surface area contributed by atoms with Crippen LogP contribution in [0.3, 0.4) is 0 Å². The van der Waals surface area contributed by atoms with Crippen molar-refractivity contribution in [3.8, 4) is 0 Å². The summed E-state index contributed by atoms with van der Waals surface area (Å²) < 4.78 is 1.12. The van der Waals surface area contributed by atoms with Crippen molar-refractivity contribution in [1.29, 1.82) is 0 Å². The summed E-state index contributed by atoms with van der Waals surface area (Å²) in [7, 11) is 0. The normalized spacial score (nSPS) is 21.2. The minimum absolute atomic E-state index is 0.590. The zero-order valence-electron chi connectivity index (χ0n) is 9.45. The van der Waals surface area contributed by atoms with E-state index in [1.807, 2.05) is 11.8 Å². The van der Waals surface area contributed by atoms with E-state index in [2.05, 4.69) is 46.0 Å². The standard InChI is InChI=1S/C12H17BrN2S/c1-9-8-16-5-4-15(9)11-3-2-10(7-14)12(13)6-11/h2-3,6,9H,4-5,7-8,14H2,1H3. The molecule has 1 aromatic rings. The zero-order chi connectivity index (χ0) is 11.5. The van der Waals surface area contributed by atoms with Gasteiger partial charge in [-0.1, -0.05) is 22.0 Å². The molecule has 0 spiro atoms. The number of rotatable bonds is 2. The van der Waals surface area contributed by atoms with Crippen molar-refractivity contribution >= 4 is 33.4 Å². The lowest BCUT2D eigenvalue weighted by Gasteiger charge is -2.35. The van der Waals surface area contributed by atoms with Crippen molar-refractivity contribution in [3.63, 3.8) is 0 Å². The lowest BCUT2D eigenvalue weighted by molar-refractivity contribution is 0.699. The van der Waals surface area contributed by atoms with Gasteiger partial charge in [0.1, 0.15) is 0 Å². The average molecular weight is 301 g/mol. The second kappa shape index (κ2) is 5.43. The Hall–Kier alpha value is -0.190. The van der Waals surface area contributed by atoms with Gasteiger partial charge in [0.05, 0.1) is 0 Å². The molecule has 4 heteroatoms. The lowest BCUT2D eigenvalue weighted by atomic mass is 10.1. The Kier molecular flexibility index (Phi) is 4.16. The van der Waals surface area contributed by atoms with E-state index < -0.39 is 0 Å². The van der Waals surface area contributed by atoms with Gasteiger partial charge in [-0.05, 0) is 24.6 Å². The number of nitrogens with two attached hydrogens (primary N) is 1. The Morgan fingerprint density at radius 1 is 1.56 bits per heavy atom. The molecule has 0 aliphatic carbocycles. The summed E-state index contributed by atoms with van der Waals surface area (Å²) in [5, 5.41) is 0. The van der Waals surface area contributed by atoms with Gasteiger partial charge in [0, 0.05) is 40.8 Å². The third-order valence-electron chi connectivity index (χ3n) is 2.96. The van der Waals surface area contributed by atoms with E-state index in [9.17, 15) is 0 Å². The molecule has 1 aliphatic rings. The quantitative estimate of drug-likeness (QED) is 0.911. The van der Waals surface area contributed by atoms with Crippen LogP contribution in [0.1, 0.15) is 12.5 Å². The van der Waals surface area contributed by atoms with Crippen LogP contribution in [0.25, 0.3) is 0 Å². The zero-order valence-corrected chi connectivity index (χ0v) is 11.9. The van der Waals surface area contributed by atoms with Gasteiger partial charge in [0.15, 0.2) is 0 Å². The molecule has 88 valence electrons. The number of hydrogen-bond donors (Lipinski definition) is 1. The molecule has 1 aromatic carbocycles. The number of nitrogens with zero attached hydrogens (tertiary/aromatic N) is 1. The number of hydrogen-bond acceptors (Lipinski definition) is 3. The highest BCUT2D eigenvalue weighted by atomic mass is 79.9. The number of benzene rings is 1. The molecule has 0 aromatic heterocycles. The third-order valence-corrected chi connectivity index (χ3v) is 4.88. The summed E-state index contributed by atoms with van der Waals surface area (Å²) in [4.78, 5) is 2.47. The molecule has 0 amide bonds. The first-order valence-corrected chi connectivity index (χ1v) is 7.50. The monoisotopic (exact) mass is 300 g/mol. The highest BCUT2D eigenvalue weighted by molar-refractivity contribution is 9.10. The molecule has 0 saturated carbocycles. The highest BCUT2D eigenvalue weighted by Crippen LogP contribution is 2.28. The first kappa shape index (κ1) is 12.3. The maximum atomic E-state index is 5.66. The van der Waals surface area contributed by atoms with E-state index in [0.29, 0.717) is 12.6 Å². The topological polar surface area (TPSA) is 29.3 Å². The fourth-order valence-electron chi connectivity index (χ4n) is 1.99. The molecule has 1 saturated heterocycles. The van der Waals surface area contributed by atoms with Crippen LogP contribution in [0.2, 0.25) is 0 Å². The summed E-state index contributed by atoms with van der Waals surface area (Å²) in [5.74, 6) is 2.44. The second-order valence-electron chi connectivity index (χ2n) is 4.10. The molecule has 0 bridgehead atoms. The minimum Gasteiger partial charge on any atom is -0.367 e. The molecule has 1 heterocycles. The van der Waals surface area contributed by atoms with Gasteiger partial charge in [-0.3, -0.25) is 0 Å². The van der Waals surface area contributed by atoms with Gasteiger partial charge in [0.2, 0.25) is 0 Å². The Bertz CT molecular complexity index is 370. The highest BCUT2D eigenvalue weighted by Gasteiger charge is 2.19. The Morgan fingerprint density at radius 2 is 2.38 bits per heavy atom. The van der Waals surface area contributed by atoms with Crippen LogP contribution in [0.15, 0.2) is 22.7 Å². The number of halogens is 1. The molecular formula is C12H17BrN2S. The van der Waals surface area contributed by atoms with Gasteiger partial charge in [-0.25, -0.2) is 0 Å². The Morgan fingerprint density at radius 3 is 3.00 bits per heavy atom. The first-order valence-electron chi connectivity index (χ1n) is 5.55. The van der Waals surface area contributed by atoms with Crippen molar-refractivity contribution in [2.75, 3.05) is 23.0 Å². The van der Waals surface area contributed by atoms with Crippen molar-refractivity contribution in [2.45, 2.75) is 19.5 Å². The fourth-order valence-corrected chi connectivity index (χ4v) is 3.53. The molecule has 1 fully saturated rings. The Labute approximate surface area is 110 Å². The molecule has 0 radical (unpaired) electrons. The Balaban J connectivity index is 2.22. The van der Waals surface area contributed by atoms with E-state index in [1.165, 1.54) is 22.8 Å². The largest absolute Gasteiger partial charge is 0.367 e. The third kappa shape index (κ3) is 2.55. The smallest absolute Gasteiger partial charge is 0.0380 e. The summed E-state index contributed by atoms with van der Waals surface area (Å²) in [6.07, 6.45) is 0. The van der Waals surface area contributed by atoms with Crippen LogP contribution < -0.4 is 10.6 Å². The van der Waals surface area contributed by atoms with Crippen molar-refractivity contribution < 1.29 is 0 Å². The lowest BCUT2D eigenvalue weighted by Crippen LogP contribution is -2.40. The predicted molar refractivity (Wildman–Crippen MR) is 76.2 cm³/mol.